The van der Waals surface area contributed by atoms with Crippen molar-refractivity contribution in [2.24, 2.45) is 0 Å². The maximum atomic E-state index is 13.1. The first-order valence-corrected chi connectivity index (χ1v) is 12.2. The van der Waals surface area contributed by atoms with Gasteiger partial charge in [-0.05, 0) is 54.4 Å². The van der Waals surface area contributed by atoms with Gasteiger partial charge in [-0.1, -0.05) is 38.1 Å². The molecular weight excluding hydrogens is 418 g/mol. The Morgan fingerprint density at radius 1 is 1.03 bits per heavy atom. The Balaban J connectivity index is 1.43. The predicted octanol–water partition coefficient (Wildman–Crippen LogP) is 4.44. The van der Waals surface area contributed by atoms with Gasteiger partial charge in [0, 0.05) is 26.2 Å². The van der Waals surface area contributed by atoms with Crippen molar-refractivity contribution in [1.82, 2.24) is 13.8 Å². The van der Waals surface area contributed by atoms with Crippen LogP contribution < -0.4 is 0 Å². The molecule has 1 aromatic heterocycles. The van der Waals surface area contributed by atoms with Crippen molar-refractivity contribution in [3.05, 3.63) is 58.9 Å². The lowest BCUT2D eigenvalue weighted by Gasteiger charge is -2.34. The molecule has 1 fully saturated rings. The Morgan fingerprint density at radius 2 is 1.70 bits per heavy atom. The molecule has 2 aromatic carbocycles. The second-order valence-corrected chi connectivity index (χ2v) is 10.1. The standard InChI is InChI=1S/C22H27N3O3S2/c1-3-17(2)18-8-10-19(11-9-18)30(26,27)24-14-12-23(13-15-24)16-25-20-6-4-5-7-21(20)28-22(25)29/h4-11,17H,3,12-16H2,1-2H3/t17-/m0/s1. The van der Waals surface area contributed by atoms with Crippen LogP contribution in [0.5, 0.6) is 0 Å². The number of benzene rings is 2. The Labute approximate surface area is 182 Å². The van der Waals surface area contributed by atoms with Crippen molar-refractivity contribution >= 4 is 33.3 Å². The van der Waals surface area contributed by atoms with Crippen molar-refractivity contribution < 1.29 is 12.8 Å². The van der Waals surface area contributed by atoms with Crippen molar-refractivity contribution in [3.63, 3.8) is 0 Å². The summed E-state index contributed by atoms with van der Waals surface area (Å²) in [6.07, 6.45) is 1.03. The Bertz CT molecular complexity index is 1170. The fourth-order valence-electron chi connectivity index (χ4n) is 3.81. The average molecular weight is 446 g/mol. The molecule has 3 aromatic rings. The van der Waals surface area contributed by atoms with E-state index in [1.54, 1.807) is 16.4 Å². The number of para-hydroxylation sites is 2. The third kappa shape index (κ3) is 4.09. The van der Waals surface area contributed by atoms with Gasteiger partial charge in [-0.25, -0.2) is 8.42 Å². The molecule has 160 valence electrons. The fourth-order valence-corrected chi connectivity index (χ4v) is 5.48. The highest BCUT2D eigenvalue weighted by Gasteiger charge is 2.29. The molecule has 0 saturated carbocycles. The molecule has 0 unspecified atom stereocenters. The van der Waals surface area contributed by atoms with Crippen LogP contribution in [0.25, 0.3) is 11.1 Å². The smallest absolute Gasteiger partial charge is 0.270 e. The molecule has 1 atom stereocenters. The fraction of sp³-hybridized carbons (Fsp3) is 0.409. The van der Waals surface area contributed by atoms with Gasteiger partial charge in [0.15, 0.2) is 5.58 Å². The molecule has 1 saturated heterocycles. The lowest BCUT2D eigenvalue weighted by molar-refractivity contribution is 0.151. The van der Waals surface area contributed by atoms with Gasteiger partial charge in [0.2, 0.25) is 10.0 Å². The lowest BCUT2D eigenvalue weighted by atomic mass is 9.99. The van der Waals surface area contributed by atoms with E-state index >= 15 is 0 Å². The zero-order chi connectivity index (χ0) is 21.3. The van der Waals surface area contributed by atoms with Crippen LogP contribution in [0.3, 0.4) is 0 Å². The molecule has 0 amide bonds. The number of sulfonamides is 1. The van der Waals surface area contributed by atoms with Gasteiger partial charge in [-0.2, -0.15) is 4.31 Å². The highest BCUT2D eigenvalue weighted by Crippen LogP contribution is 2.24. The minimum atomic E-state index is -3.48. The van der Waals surface area contributed by atoms with Crippen LogP contribution in [0.1, 0.15) is 31.7 Å². The summed E-state index contributed by atoms with van der Waals surface area (Å²) in [6, 6.07) is 15.1. The van der Waals surface area contributed by atoms with Crippen molar-refractivity contribution in [2.75, 3.05) is 26.2 Å². The molecule has 0 spiro atoms. The summed E-state index contributed by atoms with van der Waals surface area (Å²) in [6.45, 7) is 7.08. The maximum Gasteiger partial charge on any atom is 0.270 e. The van der Waals surface area contributed by atoms with Crippen LogP contribution >= 0.6 is 12.2 Å². The highest BCUT2D eigenvalue weighted by molar-refractivity contribution is 7.89. The molecule has 0 aliphatic carbocycles. The van der Waals surface area contributed by atoms with Crippen LogP contribution in [-0.4, -0.2) is 48.4 Å². The quantitative estimate of drug-likeness (QED) is 0.525. The molecule has 1 aliphatic rings. The lowest BCUT2D eigenvalue weighted by Crippen LogP contribution is -2.48. The van der Waals surface area contributed by atoms with E-state index in [1.807, 2.05) is 41.0 Å². The number of nitrogens with zero attached hydrogens (tertiary/aromatic N) is 3. The predicted molar refractivity (Wildman–Crippen MR) is 121 cm³/mol. The monoisotopic (exact) mass is 445 g/mol. The Hall–Kier alpha value is -2.00. The van der Waals surface area contributed by atoms with E-state index in [-0.39, 0.29) is 0 Å². The molecule has 30 heavy (non-hydrogen) atoms. The second-order valence-electron chi connectivity index (χ2n) is 7.81. The molecule has 8 heteroatoms. The number of aromatic nitrogens is 1. The number of fused-ring (bicyclic) bond motifs is 1. The van der Waals surface area contributed by atoms with Gasteiger partial charge in [0.05, 0.1) is 17.1 Å². The molecule has 1 aliphatic heterocycles. The molecule has 0 radical (unpaired) electrons. The van der Waals surface area contributed by atoms with Crippen molar-refractivity contribution in [1.29, 1.82) is 0 Å². The van der Waals surface area contributed by atoms with Crippen LogP contribution in [0.4, 0.5) is 0 Å². The SMILES string of the molecule is CC[C@H](C)c1ccc(S(=O)(=O)N2CCN(Cn3c(=S)oc4ccccc43)CC2)cc1. The van der Waals surface area contributed by atoms with Crippen molar-refractivity contribution in [2.45, 2.75) is 37.8 Å². The summed E-state index contributed by atoms with van der Waals surface area (Å²) in [5.74, 6) is 0.427. The van der Waals surface area contributed by atoms with E-state index in [2.05, 4.69) is 18.7 Å². The zero-order valence-corrected chi connectivity index (χ0v) is 19.0. The normalized spacial score (nSPS) is 17.4. The summed E-state index contributed by atoms with van der Waals surface area (Å²) < 4.78 is 35.3. The number of rotatable bonds is 6. The number of piperazine rings is 1. The molecule has 2 heterocycles. The van der Waals surface area contributed by atoms with E-state index in [4.69, 9.17) is 16.6 Å². The minimum Gasteiger partial charge on any atom is -0.429 e. The van der Waals surface area contributed by atoms with E-state index in [1.165, 1.54) is 5.56 Å². The van der Waals surface area contributed by atoms with E-state index < -0.39 is 10.0 Å². The zero-order valence-electron chi connectivity index (χ0n) is 17.3. The van der Waals surface area contributed by atoms with Crippen LogP contribution in [0.15, 0.2) is 57.8 Å². The summed E-state index contributed by atoms with van der Waals surface area (Å²) in [5, 5.41) is 0. The summed E-state index contributed by atoms with van der Waals surface area (Å²) >= 11 is 5.37. The van der Waals surface area contributed by atoms with Crippen LogP contribution in [-0.2, 0) is 16.7 Å². The average Bonchev–Trinajstić information content (AvgIpc) is 3.08. The number of oxazole rings is 1. The number of hydrogen-bond donors (Lipinski definition) is 0. The van der Waals surface area contributed by atoms with E-state index in [0.29, 0.717) is 48.5 Å². The van der Waals surface area contributed by atoms with Gasteiger partial charge < -0.3 is 4.42 Å². The molecule has 4 rings (SSSR count). The van der Waals surface area contributed by atoms with E-state index in [9.17, 15) is 8.42 Å². The molecule has 6 nitrogen and oxygen atoms in total. The van der Waals surface area contributed by atoms with Gasteiger partial charge in [0.1, 0.15) is 0 Å². The summed E-state index contributed by atoms with van der Waals surface area (Å²) in [4.78, 5) is 3.01. The third-order valence-corrected chi connectivity index (χ3v) is 8.16. The van der Waals surface area contributed by atoms with Crippen LogP contribution in [0.2, 0.25) is 0 Å². The molecular formula is C22H27N3O3S2. The van der Waals surface area contributed by atoms with Gasteiger partial charge in [-0.3, -0.25) is 9.47 Å². The summed E-state index contributed by atoms with van der Waals surface area (Å²) in [5.41, 5.74) is 2.90. The largest absolute Gasteiger partial charge is 0.429 e. The first-order chi connectivity index (χ1) is 14.4. The molecule has 0 N–H and O–H groups in total. The van der Waals surface area contributed by atoms with Gasteiger partial charge in [0.25, 0.3) is 4.84 Å². The Morgan fingerprint density at radius 3 is 2.37 bits per heavy atom. The van der Waals surface area contributed by atoms with Gasteiger partial charge in [-0.15, -0.1) is 0 Å². The topological polar surface area (TPSA) is 58.7 Å². The summed E-state index contributed by atoms with van der Waals surface area (Å²) in [7, 11) is -3.48. The van der Waals surface area contributed by atoms with Crippen LogP contribution in [0, 0.1) is 4.84 Å². The first kappa shape index (κ1) is 21.2. The third-order valence-electron chi connectivity index (χ3n) is 5.95. The second kappa shape index (κ2) is 8.63. The van der Waals surface area contributed by atoms with Gasteiger partial charge >= 0.3 is 0 Å². The minimum absolute atomic E-state index is 0.367. The maximum absolute atomic E-state index is 13.1. The molecule has 0 bridgehead atoms. The first-order valence-electron chi connectivity index (χ1n) is 10.3. The highest BCUT2D eigenvalue weighted by atomic mass is 32.2. The van der Waals surface area contributed by atoms with Crippen molar-refractivity contribution in [3.8, 4) is 0 Å². The Kier molecular flexibility index (Phi) is 6.11. The number of hydrogen-bond acceptors (Lipinski definition) is 5. The van der Waals surface area contributed by atoms with E-state index in [0.717, 1.165) is 17.5 Å².